The third kappa shape index (κ3) is 4.16. The third-order valence-electron chi connectivity index (χ3n) is 5.91. The number of sulfonamides is 1. The maximum Gasteiger partial charge on any atom is 0.216 e. The van der Waals surface area contributed by atoms with Gasteiger partial charge in [0, 0.05) is 6.04 Å². The zero-order valence-electron chi connectivity index (χ0n) is 14.3. The Morgan fingerprint density at radius 3 is 2.65 bits per heavy atom. The Kier molecular flexibility index (Phi) is 5.12. The molecule has 2 fully saturated rings. The first-order chi connectivity index (χ1) is 11.0. The third-order valence-corrected chi connectivity index (χ3v) is 7.26. The van der Waals surface area contributed by atoms with Crippen LogP contribution in [0, 0.1) is 24.7 Å². The van der Waals surface area contributed by atoms with Gasteiger partial charge in [0.2, 0.25) is 10.0 Å². The van der Waals surface area contributed by atoms with Gasteiger partial charge >= 0.3 is 0 Å². The fourth-order valence-electron chi connectivity index (χ4n) is 4.57. The lowest BCUT2D eigenvalue weighted by Gasteiger charge is -2.43. The summed E-state index contributed by atoms with van der Waals surface area (Å²) in [5.41, 5.74) is 1.95. The fourth-order valence-corrected chi connectivity index (χ4v) is 6.16. The van der Waals surface area contributed by atoms with E-state index >= 15 is 0 Å². The van der Waals surface area contributed by atoms with E-state index in [4.69, 9.17) is 0 Å². The van der Waals surface area contributed by atoms with Gasteiger partial charge in [0.15, 0.2) is 0 Å². The van der Waals surface area contributed by atoms with Crippen molar-refractivity contribution < 1.29 is 8.42 Å². The molecule has 4 heteroatoms. The number of nitrogens with one attached hydrogen (secondary N) is 1. The molecule has 1 aromatic rings. The monoisotopic (exact) mass is 335 g/mol. The van der Waals surface area contributed by atoms with Crippen LogP contribution in [-0.4, -0.2) is 14.5 Å². The highest BCUT2D eigenvalue weighted by atomic mass is 32.2. The van der Waals surface area contributed by atoms with E-state index in [1.807, 2.05) is 31.2 Å². The lowest BCUT2D eigenvalue weighted by molar-refractivity contribution is 0.110. The molecule has 1 aromatic carbocycles. The predicted molar refractivity (Wildman–Crippen MR) is 94.6 cm³/mol. The van der Waals surface area contributed by atoms with Gasteiger partial charge < -0.3 is 0 Å². The van der Waals surface area contributed by atoms with E-state index in [1.165, 1.54) is 32.1 Å². The molecule has 0 radical (unpaired) electrons. The Bertz CT molecular complexity index is 641. The largest absolute Gasteiger partial charge is 0.216 e. The first kappa shape index (κ1) is 17.0. The second-order valence-corrected chi connectivity index (χ2v) is 9.35. The molecular formula is C19H29NO2S. The van der Waals surface area contributed by atoms with Crippen LogP contribution in [0.4, 0.5) is 0 Å². The summed E-state index contributed by atoms with van der Waals surface area (Å²) < 4.78 is 28.3. The molecule has 128 valence electrons. The Morgan fingerprint density at radius 1 is 1.13 bits per heavy atom. The molecule has 3 nitrogen and oxygen atoms in total. The molecule has 2 aliphatic carbocycles. The molecule has 0 spiro atoms. The summed E-state index contributed by atoms with van der Waals surface area (Å²) in [4.78, 5) is 0. The number of hydrogen-bond acceptors (Lipinski definition) is 2. The minimum absolute atomic E-state index is 0.101. The molecule has 0 saturated heterocycles. The molecule has 3 rings (SSSR count). The highest BCUT2D eigenvalue weighted by Crippen LogP contribution is 2.43. The first-order valence-corrected chi connectivity index (χ1v) is 10.7. The van der Waals surface area contributed by atoms with Crippen LogP contribution in [0.15, 0.2) is 24.3 Å². The molecule has 0 amide bonds. The summed E-state index contributed by atoms with van der Waals surface area (Å²) in [6, 6.07) is 7.90. The van der Waals surface area contributed by atoms with Gasteiger partial charge in [0.05, 0.1) is 5.75 Å². The van der Waals surface area contributed by atoms with Gasteiger partial charge in [-0.15, -0.1) is 0 Å². The van der Waals surface area contributed by atoms with Gasteiger partial charge in [0.1, 0.15) is 0 Å². The van der Waals surface area contributed by atoms with Gasteiger partial charge in [-0.25, -0.2) is 13.1 Å². The van der Waals surface area contributed by atoms with Crippen LogP contribution in [0.5, 0.6) is 0 Å². The smallest absolute Gasteiger partial charge is 0.212 e. The molecular weight excluding hydrogens is 306 g/mol. The van der Waals surface area contributed by atoms with Crippen LogP contribution in [0.3, 0.4) is 0 Å². The van der Waals surface area contributed by atoms with Crippen molar-refractivity contribution in [2.75, 3.05) is 0 Å². The van der Waals surface area contributed by atoms with Gasteiger partial charge in [-0.2, -0.15) is 0 Å². The van der Waals surface area contributed by atoms with Crippen molar-refractivity contribution in [2.24, 2.45) is 17.8 Å². The minimum Gasteiger partial charge on any atom is -0.212 e. The predicted octanol–water partition coefficient (Wildman–Crippen LogP) is 4.02. The Morgan fingerprint density at radius 2 is 1.91 bits per heavy atom. The average Bonchev–Trinajstić information content (AvgIpc) is 2.52. The van der Waals surface area contributed by atoms with Gasteiger partial charge in [-0.05, 0) is 67.9 Å². The van der Waals surface area contributed by atoms with E-state index in [-0.39, 0.29) is 11.8 Å². The first-order valence-electron chi connectivity index (χ1n) is 9.01. The summed E-state index contributed by atoms with van der Waals surface area (Å²) >= 11 is 0. The van der Waals surface area contributed by atoms with E-state index in [1.54, 1.807) is 0 Å². The van der Waals surface area contributed by atoms with Crippen molar-refractivity contribution in [1.29, 1.82) is 0 Å². The van der Waals surface area contributed by atoms with Crippen molar-refractivity contribution in [3.05, 3.63) is 35.4 Å². The lowest BCUT2D eigenvalue weighted by atomic mass is 9.65. The second kappa shape index (κ2) is 6.94. The molecule has 1 N–H and O–H groups in total. The molecule has 2 aliphatic rings. The van der Waals surface area contributed by atoms with E-state index in [0.717, 1.165) is 29.4 Å². The van der Waals surface area contributed by atoms with E-state index in [9.17, 15) is 8.42 Å². The standard InChI is InChI=1S/C19H29NO2S/c1-3-15-10-16-8-9-19(18(11-15)12-16)20-23(21,22)13-17-7-5-4-6-14(17)2/h4-7,15-16,18-20H,3,8-13H2,1-2H3. The number of rotatable bonds is 5. The number of aryl methyl sites for hydroxylation is 1. The minimum atomic E-state index is -3.27. The van der Waals surface area contributed by atoms with Crippen LogP contribution >= 0.6 is 0 Å². The summed E-state index contributed by atoms with van der Waals surface area (Å²) in [5, 5.41) is 0. The Labute approximate surface area is 140 Å². The van der Waals surface area contributed by atoms with Crippen LogP contribution in [0.2, 0.25) is 0 Å². The van der Waals surface area contributed by atoms with E-state index in [0.29, 0.717) is 5.92 Å². The fraction of sp³-hybridized carbons (Fsp3) is 0.684. The lowest BCUT2D eigenvalue weighted by Crippen LogP contribution is -2.46. The van der Waals surface area contributed by atoms with Gasteiger partial charge in [-0.3, -0.25) is 0 Å². The zero-order valence-corrected chi connectivity index (χ0v) is 15.1. The van der Waals surface area contributed by atoms with E-state index in [2.05, 4.69) is 11.6 Å². The van der Waals surface area contributed by atoms with Crippen LogP contribution < -0.4 is 4.72 Å². The molecule has 2 saturated carbocycles. The highest BCUT2D eigenvalue weighted by molar-refractivity contribution is 7.88. The number of benzene rings is 1. The van der Waals surface area contributed by atoms with Gasteiger partial charge in [0.25, 0.3) is 0 Å². The zero-order chi connectivity index (χ0) is 16.4. The summed E-state index contributed by atoms with van der Waals surface area (Å²) in [6.07, 6.45) is 7.20. The normalized spacial score (nSPS) is 31.0. The molecule has 0 aliphatic heterocycles. The summed E-state index contributed by atoms with van der Waals surface area (Å²) in [6.45, 7) is 4.24. The topological polar surface area (TPSA) is 46.2 Å². The van der Waals surface area contributed by atoms with Gasteiger partial charge in [-0.1, -0.05) is 37.6 Å². The van der Waals surface area contributed by atoms with Crippen molar-refractivity contribution >= 4 is 10.0 Å². The maximum absolute atomic E-state index is 12.6. The average molecular weight is 336 g/mol. The Hall–Kier alpha value is -0.870. The second-order valence-electron chi connectivity index (χ2n) is 7.59. The van der Waals surface area contributed by atoms with Crippen LogP contribution in [-0.2, 0) is 15.8 Å². The molecule has 2 bridgehead atoms. The highest BCUT2D eigenvalue weighted by Gasteiger charge is 2.38. The number of hydrogen-bond donors (Lipinski definition) is 1. The van der Waals surface area contributed by atoms with Crippen molar-refractivity contribution in [1.82, 2.24) is 4.72 Å². The van der Waals surface area contributed by atoms with Crippen LogP contribution in [0.1, 0.15) is 56.6 Å². The van der Waals surface area contributed by atoms with Crippen LogP contribution in [0.25, 0.3) is 0 Å². The van der Waals surface area contributed by atoms with Crippen molar-refractivity contribution in [2.45, 2.75) is 64.2 Å². The quantitative estimate of drug-likeness (QED) is 0.883. The van der Waals surface area contributed by atoms with E-state index < -0.39 is 10.0 Å². The number of fused-ring (bicyclic) bond motifs is 2. The molecule has 0 heterocycles. The molecule has 0 aromatic heterocycles. The van der Waals surface area contributed by atoms with Crippen molar-refractivity contribution in [3.8, 4) is 0 Å². The molecule has 23 heavy (non-hydrogen) atoms. The maximum atomic E-state index is 12.6. The summed E-state index contributed by atoms with van der Waals surface area (Å²) in [5.74, 6) is 2.26. The SMILES string of the molecule is CCC1CC2CCC(NS(=O)(=O)Cc3ccccc3C)C(C1)C2. The Balaban J connectivity index is 1.67. The van der Waals surface area contributed by atoms with Crippen molar-refractivity contribution in [3.63, 3.8) is 0 Å². The molecule has 4 atom stereocenters. The summed E-state index contributed by atoms with van der Waals surface area (Å²) in [7, 11) is -3.27. The molecule has 4 unspecified atom stereocenters.